The molecule has 1 aromatic rings. The predicted molar refractivity (Wildman–Crippen MR) is 78.2 cm³/mol. The number of carbonyl (C=O) groups excluding carboxylic acids is 3. The largest absolute Gasteiger partial charge is 0.352 e. The van der Waals surface area contributed by atoms with Gasteiger partial charge in [-0.2, -0.15) is 0 Å². The van der Waals surface area contributed by atoms with Gasteiger partial charge in [-0.05, 0) is 42.0 Å². The van der Waals surface area contributed by atoms with Crippen molar-refractivity contribution in [2.75, 3.05) is 6.54 Å². The predicted octanol–water partition coefficient (Wildman–Crippen LogP) is 2.15. The van der Waals surface area contributed by atoms with Crippen LogP contribution in [0.25, 0.3) is 6.08 Å². The molecule has 1 aliphatic rings. The second kappa shape index (κ2) is 6.38. The fourth-order valence-electron chi connectivity index (χ4n) is 1.64. The summed E-state index contributed by atoms with van der Waals surface area (Å²) in [6.07, 6.45) is 2.51. The van der Waals surface area contributed by atoms with Gasteiger partial charge in [-0.1, -0.05) is 19.1 Å². The van der Waals surface area contributed by atoms with Gasteiger partial charge in [0.25, 0.3) is 17.1 Å². The van der Waals surface area contributed by atoms with Crippen molar-refractivity contribution >= 4 is 34.9 Å². The Morgan fingerprint density at radius 2 is 2.00 bits per heavy atom. The Morgan fingerprint density at radius 1 is 1.30 bits per heavy atom. The normalized spacial score (nSPS) is 16.4. The molecule has 1 aliphatic heterocycles. The number of rotatable bonds is 4. The van der Waals surface area contributed by atoms with Gasteiger partial charge in [0.05, 0.1) is 4.91 Å². The van der Waals surface area contributed by atoms with E-state index in [-0.39, 0.29) is 17.1 Å². The molecule has 6 heteroatoms. The van der Waals surface area contributed by atoms with Crippen molar-refractivity contribution in [1.29, 1.82) is 0 Å². The number of carbonyl (C=O) groups is 3. The van der Waals surface area contributed by atoms with E-state index in [9.17, 15) is 14.4 Å². The van der Waals surface area contributed by atoms with Crippen molar-refractivity contribution in [2.45, 2.75) is 13.3 Å². The van der Waals surface area contributed by atoms with Gasteiger partial charge < -0.3 is 5.32 Å². The lowest BCUT2D eigenvalue weighted by Gasteiger charge is -2.03. The van der Waals surface area contributed by atoms with Crippen LogP contribution in [-0.4, -0.2) is 23.6 Å². The maximum Gasteiger partial charge on any atom is 0.290 e. The minimum atomic E-state index is -0.384. The molecule has 104 valence electrons. The molecule has 0 bridgehead atoms. The third-order valence-electron chi connectivity index (χ3n) is 2.65. The zero-order valence-electron chi connectivity index (χ0n) is 10.9. The highest BCUT2D eigenvalue weighted by Gasteiger charge is 2.24. The molecule has 0 aromatic heterocycles. The summed E-state index contributed by atoms with van der Waals surface area (Å²) in [5, 5.41) is 4.62. The number of thioether (sulfide) groups is 1. The molecule has 1 heterocycles. The van der Waals surface area contributed by atoms with E-state index in [2.05, 4.69) is 10.6 Å². The third kappa shape index (κ3) is 3.48. The van der Waals surface area contributed by atoms with Crippen molar-refractivity contribution in [1.82, 2.24) is 10.6 Å². The number of imide groups is 1. The van der Waals surface area contributed by atoms with Crippen molar-refractivity contribution < 1.29 is 14.4 Å². The van der Waals surface area contributed by atoms with E-state index in [0.717, 1.165) is 23.7 Å². The maximum absolute atomic E-state index is 11.7. The smallest absolute Gasteiger partial charge is 0.290 e. The second-order valence-electron chi connectivity index (χ2n) is 4.23. The molecule has 0 spiro atoms. The van der Waals surface area contributed by atoms with E-state index >= 15 is 0 Å². The van der Waals surface area contributed by atoms with E-state index in [4.69, 9.17) is 0 Å². The summed E-state index contributed by atoms with van der Waals surface area (Å²) in [5.74, 6) is -0.501. The molecule has 1 aromatic carbocycles. The van der Waals surface area contributed by atoms with Crippen molar-refractivity contribution in [3.8, 4) is 0 Å². The Balaban J connectivity index is 2.09. The van der Waals surface area contributed by atoms with E-state index in [1.165, 1.54) is 0 Å². The maximum atomic E-state index is 11.7. The van der Waals surface area contributed by atoms with Crippen LogP contribution < -0.4 is 10.6 Å². The molecular formula is C14H14N2O3S. The zero-order valence-corrected chi connectivity index (χ0v) is 11.8. The first kappa shape index (κ1) is 14.3. The van der Waals surface area contributed by atoms with Crippen LogP contribution in [0.5, 0.6) is 0 Å². The molecule has 2 rings (SSSR count). The standard InChI is InChI=1S/C14H14N2O3S/c1-2-7-15-12(17)10-5-3-9(4-6-10)8-11-13(18)16-14(19)20-11/h3-6,8H,2,7H2,1H3,(H,15,17)(H,16,18,19)/b11-8-. The summed E-state index contributed by atoms with van der Waals surface area (Å²) in [4.78, 5) is 34.5. The lowest BCUT2D eigenvalue weighted by Crippen LogP contribution is -2.23. The monoisotopic (exact) mass is 290 g/mol. The molecule has 1 saturated heterocycles. The summed E-state index contributed by atoms with van der Waals surface area (Å²) in [5.41, 5.74) is 1.34. The molecule has 0 atom stereocenters. The first-order valence-electron chi connectivity index (χ1n) is 6.23. The van der Waals surface area contributed by atoms with E-state index in [1.807, 2.05) is 6.92 Å². The first-order valence-corrected chi connectivity index (χ1v) is 7.05. The minimum absolute atomic E-state index is 0.116. The van der Waals surface area contributed by atoms with Crippen LogP contribution in [0.4, 0.5) is 4.79 Å². The van der Waals surface area contributed by atoms with Crippen molar-refractivity contribution in [3.05, 3.63) is 40.3 Å². The van der Waals surface area contributed by atoms with Gasteiger partial charge in [-0.3, -0.25) is 19.7 Å². The summed E-state index contributed by atoms with van der Waals surface area (Å²) in [6, 6.07) is 6.86. The van der Waals surface area contributed by atoms with Crippen LogP contribution in [0, 0.1) is 0 Å². The zero-order chi connectivity index (χ0) is 14.5. The van der Waals surface area contributed by atoms with Crippen molar-refractivity contribution in [3.63, 3.8) is 0 Å². The van der Waals surface area contributed by atoms with E-state index in [0.29, 0.717) is 17.0 Å². The molecule has 2 N–H and O–H groups in total. The van der Waals surface area contributed by atoms with Crippen LogP contribution in [0.15, 0.2) is 29.2 Å². The molecule has 1 fully saturated rings. The quantitative estimate of drug-likeness (QED) is 0.833. The molecule has 0 radical (unpaired) electrons. The van der Waals surface area contributed by atoms with Gasteiger partial charge in [0, 0.05) is 12.1 Å². The SMILES string of the molecule is CCCNC(=O)c1ccc(/C=C2\SC(=O)NC2=O)cc1. The topological polar surface area (TPSA) is 75.3 Å². The van der Waals surface area contributed by atoms with Crippen LogP contribution in [0.3, 0.4) is 0 Å². The minimum Gasteiger partial charge on any atom is -0.352 e. The summed E-state index contributed by atoms with van der Waals surface area (Å²) < 4.78 is 0. The average Bonchev–Trinajstić information content (AvgIpc) is 2.75. The Hall–Kier alpha value is -2.08. The molecule has 3 amide bonds. The number of hydrogen-bond donors (Lipinski definition) is 2. The average molecular weight is 290 g/mol. The Bertz CT molecular complexity index is 579. The number of benzene rings is 1. The second-order valence-corrected chi connectivity index (χ2v) is 5.24. The first-order chi connectivity index (χ1) is 9.60. The Morgan fingerprint density at radius 3 is 2.55 bits per heavy atom. The highest BCUT2D eigenvalue weighted by molar-refractivity contribution is 8.18. The summed E-state index contributed by atoms with van der Waals surface area (Å²) in [7, 11) is 0. The lowest BCUT2D eigenvalue weighted by atomic mass is 10.1. The highest BCUT2D eigenvalue weighted by Crippen LogP contribution is 2.25. The molecule has 5 nitrogen and oxygen atoms in total. The Labute approximate surface area is 120 Å². The molecule has 20 heavy (non-hydrogen) atoms. The van der Waals surface area contributed by atoms with Crippen LogP contribution >= 0.6 is 11.8 Å². The fourth-order valence-corrected chi connectivity index (χ4v) is 2.33. The third-order valence-corrected chi connectivity index (χ3v) is 3.46. The van der Waals surface area contributed by atoms with Gasteiger partial charge in [0.15, 0.2) is 0 Å². The molecule has 0 aliphatic carbocycles. The molecule has 0 unspecified atom stereocenters. The van der Waals surface area contributed by atoms with Gasteiger partial charge >= 0.3 is 0 Å². The number of amides is 3. The van der Waals surface area contributed by atoms with Gasteiger partial charge in [-0.25, -0.2) is 0 Å². The molecule has 0 saturated carbocycles. The van der Waals surface area contributed by atoms with Crippen LogP contribution in [0.2, 0.25) is 0 Å². The van der Waals surface area contributed by atoms with Gasteiger partial charge in [-0.15, -0.1) is 0 Å². The van der Waals surface area contributed by atoms with Crippen molar-refractivity contribution in [2.24, 2.45) is 0 Å². The Kier molecular flexibility index (Phi) is 4.57. The van der Waals surface area contributed by atoms with E-state index < -0.39 is 0 Å². The summed E-state index contributed by atoms with van der Waals surface area (Å²) >= 11 is 0.872. The number of hydrogen-bond acceptors (Lipinski definition) is 4. The van der Waals surface area contributed by atoms with Crippen LogP contribution in [-0.2, 0) is 4.79 Å². The lowest BCUT2D eigenvalue weighted by molar-refractivity contribution is -0.115. The fraction of sp³-hybridized carbons (Fsp3) is 0.214. The number of nitrogens with one attached hydrogen (secondary N) is 2. The van der Waals surface area contributed by atoms with E-state index in [1.54, 1.807) is 30.3 Å². The molecular weight excluding hydrogens is 276 g/mol. The van der Waals surface area contributed by atoms with Gasteiger partial charge in [0.1, 0.15) is 0 Å². The van der Waals surface area contributed by atoms with Crippen LogP contribution in [0.1, 0.15) is 29.3 Å². The van der Waals surface area contributed by atoms with Gasteiger partial charge in [0.2, 0.25) is 0 Å². The highest BCUT2D eigenvalue weighted by atomic mass is 32.2. The summed E-state index contributed by atoms with van der Waals surface area (Å²) in [6.45, 7) is 2.63.